The Balaban J connectivity index is 2.78. The standard InChI is InChI=1S/C15H19ClO/c1-4-12(5-2)9-14(17)10-13-7-6-11(3)8-15(13)16/h6-9H,4-5,10H2,1-3H3. The van der Waals surface area contributed by atoms with E-state index in [0.717, 1.165) is 24.0 Å². The first-order chi connectivity index (χ1) is 8.06. The molecule has 0 atom stereocenters. The van der Waals surface area contributed by atoms with Gasteiger partial charge in [0.15, 0.2) is 5.78 Å². The number of allylic oxidation sites excluding steroid dienone is 2. The molecule has 0 aromatic heterocycles. The quantitative estimate of drug-likeness (QED) is 0.703. The number of aryl methyl sites for hydroxylation is 1. The molecule has 0 aliphatic carbocycles. The minimum absolute atomic E-state index is 0.134. The zero-order chi connectivity index (χ0) is 12.8. The molecule has 0 amide bonds. The number of hydrogen-bond donors (Lipinski definition) is 0. The van der Waals surface area contributed by atoms with Crippen molar-refractivity contribution < 1.29 is 4.79 Å². The van der Waals surface area contributed by atoms with Crippen LogP contribution in [-0.2, 0) is 11.2 Å². The Kier molecular flexibility index (Phi) is 5.43. The van der Waals surface area contributed by atoms with Crippen molar-refractivity contribution in [3.05, 3.63) is 46.0 Å². The first-order valence-corrected chi connectivity index (χ1v) is 6.41. The molecule has 0 spiro atoms. The molecule has 17 heavy (non-hydrogen) atoms. The van der Waals surface area contributed by atoms with Crippen LogP contribution in [0, 0.1) is 6.92 Å². The molecule has 0 heterocycles. The zero-order valence-electron chi connectivity index (χ0n) is 10.7. The van der Waals surface area contributed by atoms with E-state index in [1.807, 2.05) is 25.1 Å². The topological polar surface area (TPSA) is 17.1 Å². The van der Waals surface area contributed by atoms with Gasteiger partial charge in [0.05, 0.1) is 0 Å². The van der Waals surface area contributed by atoms with E-state index in [0.29, 0.717) is 11.4 Å². The molecule has 0 aliphatic heterocycles. The van der Waals surface area contributed by atoms with Crippen molar-refractivity contribution in [3.8, 4) is 0 Å². The van der Waals surface area contributed by atoms with Gasteiger partial charge >= 0.3 is 0 Å². The average molecular weight is 251 g/mol. The summed E-state index contributed by atoms with van der Waals surface area (Å²) in [6.45, 7) is 6.13. The molecule has 1 aromatic carbocycles. The zero-order valence-corrected chi connectivity index (χ0v) is 11.5. The molecule has 0 N–H and O–H groups in total. The highest BCUT2D eigenvalue weighted by Crippen LogP contribution is 2.19. The minimum atomic E-state index is 0.134. The van der Waals surface area contributed by atoms with Gasteiger partial charge in [-0.2, -0.15) is 0 Å². The van der Waals surface area contributed by atoms with Crippen molar-refractivity contribution in [1.29, 1.82) is 0 Å². The van der Waals surface area contributed by atoms with Gasteiger partial charge < -0.3 is 0 Å². The monoisotopic (exact) mass is 250 g/mol. The SMILES string of the molecule is CCC(=CC(=O)Cc1ccc(C)cc1Cl)CC. The highest BCUT2D eigenvalue weighted by atomic mass is 35.5. The molecule has 92 valence electrons. The number of rotatable bonds is 5. The Bertz CT molecular complexity index is 427. The van der Waals surface area contributed by atoms with E-state index in [2.05, 4.69) is 13.8 Å². The summed E-state index contributed by atoms with van der Waals surface area (Å²) in [5.41, 5.74) is 3.22. The van der Waals surface area contributed by atoms with Crippen molar-refractivity contribution in [2.75, 3.05) is 0 Å². The summed E-state index contributed by atoms with van der Waals surface area (Å²) >= 11 is 6.10. The summed E-state index contributed by atoms with van der Waals surface area (Å²) in [7, 11) is 0. The Hall–Kier alpha value is -1.08. The van der Waals surface area contributed by atoms with Crippen LogP contribution in [0.5, 0.6) is 0 Å². The first-order valence-electron chi connectivity index (χ1n) is 6.04. The van der Waals surface area contributed by atoms with Gasteiger partial charge in [0.25, 0.3) is 0 Å². The molecular weight excluding hydrogens is 232 g/mol. The number of benzene rings is 1. The Morgan fingerprint density at radius 2 is 1.94 bits per heavy atom. The smallest absolute Gasteiger partial charge is 0.160 e. The third-order valence-electron chi connectivity index (χ3n) is 2.85. The molecular formula is C15H19ClO. The van der Waals surface area contributed by atoms with Gasteiger partial charge in [-0.05, 0) is 43.0 Å². The fourth-order valence-corrected chi connectivity index (χ4v) is 2.02. The van der Waals surface area contributed by atoms with Crippen LogP contribution in [0.1, 0.15) is 37.8 Å². The summed E-state index contributed by atoms with van der Waals surface area (Å²) < 4.78 is 0. The van der Waals surface area contributed by atoms with Crippen LogP contribution in [0.3, 0.4) is 0 Å². The molecule has 0 unspecified atom stereocenters. The second-order valence-corrected chi connectivity index (χ2v) is 4.65. The highest BCUT2D eigenvalue weighted by molar-refractivity contribution is 6.31. The molecule has 1 aromatic rings. The maximum atomic E-state index is 11.8. The van der Waals surface area contributed by atoms with Crippen LogP contribution >= 0.6 is 11.6 Å². The molecule has 0 fully saturated rings. The lowest BCUT2D eigenvalue weighted by Gasteiger charge is -2.04. The van der Waals surface area contributed by atoms with Crippen LogP contribution in [-0.4, -0.2) is 5.78 Å². The van der Waals surface area contributed by atoms with E-state index >= 15 is 0 Å². The van der Waals surface area contributed by atoms with Crippen molar-refractivity contribution in [2.45, 2.75) is 40.0 Å². The van der Waals surface area contributed by atoms with E-state index in [1.165, 1.54) is 5.57 Å². The molecule has 1 nitrogen and oxygen atoms in total. The van der Waals surface area contributed by atoms with Crippen LogP contribution in [0.25, 0.3) is 0 Å². The molecule has 0 saturated heterocycles. The summed E-state index contributed by atoms with van der Waals surface area (Å²) in [4.78, 5) is 11.8. The maximum absolute atomic E-state index is 11.8. The Morgan fingerprint density at radius 3 is 2.47 bits per heavy atom. The normalized spacial score (nSPS) is 10.1. The van der Waals surface area contributed by atoms with Crippen molar-refractivity contribution in [3.63, 3.8) is 0 Å². The van der Waals surface area contributed by atoms with Gasteiger partial charge in [-0.15, -0.1) is 0 Å². The number of ketones is 1. The first kappa shape index (κ1) is 14.0. The summed E-state index contributed by atoms with van der Waals surface area (Å²) in [6.07, 6.45) is 4.02. The molecule has 0 radical (unpaired) electrons. The second kappa shape index (κ2) is 6.61. The average Bonchev–Trinajstić information content (AvgIpc) is 2.29. The van der Waals surface area contributed by atoms with Crippen LogP contribution in [0.15, 0.2) is 29.8 Å². The molecule has 0 aliphatic rings. The highest BCUT2D eigenvalue weighted by Gasteiger charge is 2.06. The number of carbonyl (C=O) groups excluding carboxylic acids is 1. The van der Waals surface area contributed by atoms with Crippen molar-refractivity contribution >= 4 is 17.4 Å². The molecule has 0 bridgehead atoms. The van der Waals surface area contributed by atoms with Gasteiger partial charge in [0.1, 0.15) is 0 Å². The minimum Gasteiger partial charge on any atom is -0.294 e. The van der Waals surface area contributed by atoms with E-state index < -0.39 is 0 Å². The lowest BCUT2D eigenvalue weighted by atomic mass is 10.0. The lowest BCUT2D eigenvalue weighted by Crippen LogP contribution is -2.01. The van der Waals surface area contributed by atoms with Crippen LogP contribution in [0.4, 0.5) is 0 Å². The third-order valence-corrected chi connectivity index (χ3v) is 3.20. The van der Waals surface area contributed by atoms with Crippen molar-refractivity contribution in [2.24, 2.45) is 0 Å². The summed E-state index contributed by atoms with van der Waals surface area (Å²) in [5.74, 6) is 0.134. The number of hydrogen-bond acceptors (Lipinski definition) is 1. The van der Waals surface area contributed by atoms with Crippen LogP contribution in [0.2, 0.25) is 5.02 Å². The lowest BCUT2D eigenvalue weighted by molar-refractivity contribution is -0.114. The maximum Gasteiger partial charge on any atom is 0.160 e. The Labute approximate surface area is 108 Å². The van der Waals surface area contributed by atoms with E-state index in [1.54, 1.807) is 6.08 Å². The van der Waals surface area contributed by atoms with Gasteiger partial charge in [-0.1, -0.05) is 43.2 Å². The fraction of sp³-hybridized carbons (Fsp3) is 0.400. The number of carbonyl (C=O) groups is 1. The predicted octanol–water partition coefficient (Wildman–Crippen LogP) is 4.51. The van der Waals surface area contributed by atoms with Gasteiger partial charge in [0, 0.05) is 11.4 Å². The summed E-state index contributed by atoms with van der Waals surface area (Å²) in [5, 5.41) is 0.682. The third kappa shape index (κ3) is 4.35. The molecule has 0 saturated carbocycles. The fourth-order valence-electron chi connectivity index (χ4n) is 1.72. The Morgan fingerprint density at radius 1 is 1.29 bits per heavy atom. The predicted molar refractivity (Wildman–Crippen MR) is 73.6 cm³/mol. The summed E-state index contributed by atoms with van der Waals surface area (Å²) in [6, 6.07) is 5.81. The van der Waals surface area contributed by atoms with E-state index in [9.17, 15) is 4.79 Å². The largest absolute Gasteiger partial charge is 0.294 e. The van der Waals surface area contributed by atoms with E-state index in [-0.39, 0.29) is 5.78 Å². The number of halogens is 1. The van der Waals surface area contributed by atoms with E-state index in [4.69, 9.17) is 11.6 Å². The molecule has 2 heteroatoms. The van der Waals surface area contributed by atoms with Crippen LogP contribution < -0.4 is 0 Å². The van der Waals surface area contributed by atoms with Crippen molar-refractivity contribution in [1.82, 2.24) is 0 Å². The molecule has 1 rings (SSSR count). The second-order valence-electron chi connectivity index (χ2n) is 4.25. The van der Waals surface area contributed by atoms with Gasteiger partial charge in [0.2, 0.25) is 0 Å². The van der Waals surface area contributed by atoms with Gasteiger partial charge in [-0.3, -0.25) is 4.79 Å². The van der Waals surface area contributed by atoms with Gasteiger partial charge in [-0.25, -0.2) is 0 Å².